The Morgan fingerprint density at radius 2 is 1.84 bits per heavy atom. The quantitative estimate of drug-likeness (QED) is 0.558. The Balaban J connectivity index is 1.61. The summed E-state index contributed by atoms with van der Waals surface area (Å²) in [6, 6.07) is 0. The van der Waals surface area contributed by atoms with Crippen molar-refractivity contribution in [2.24, 2.45) is 11.8 Å². The molecule has 176 valence electrons. The summed E-state index contributed by atoms with van der Waals surface area (Å²) in [5.41, 5.74) is 1.59. The molecule has 0 radical (unpaired) electrons. The first-order valence-electron chi connectivity index (χ1n) is 12.5. The molecule has 1 aromatic heterocycles. The molecule has 0 aromatic carbocycles. The van der Waals surface area contributed by atoms with E-state index in [-0.39, 0.29) is 23.7 Å². The molecule has 1 aromatic rings. The summed E-state index contributed by atoms with van der Waals surface area (Å²) in [5, 5.41) is 3.16. The third-order valence-corrected chi connectivity index (χ3v) is 7.02. The SMILES string of the molecule is CCN(CC)C(=O)c1cnc(C(C)C)nc1C1CCC(CNC(=O)C[C@@H]2C=CCC2)CC1. The molecule has 1 heterocycles. The van der Waals surface area contributed by atoms with Crippen LogP contribution >= 0.6 is 0 Å². The molecule has 0 saturated heterocycles. The number of amides is 2. The lowest BCUT2D eigenvalue weighted by molar-refractivity contribution is -0.121. The van der Waals surface area contributed by atoms with Gasteiger partial charge in [-0.25, -0.2) is 9.97 Å². The standard InChI is InChI=1S/C26H40N4O2/c1-5-30(6-2)26(32)22-17-28-25(18(3)4)29-24(22)21-13-11-20(12-14-21)16-27-23(31)15-19-9-7-8-10-19/h7,9,17-21H,5-6,8,10-16H2,1-4H3,(H,27,31)/t19-,20?,21?/m1/s1. The van der Waals surface area contributed by atoms with Crippen LogP contribution < -0.4 is 5.32 Å². The van der Waals surface area contributed by atoms with E-state index in [2.05, 4.69) is 36.3 Å². The molecule has 0 bridgehead atoms. The van der Waals surface area contributed by atoms with Crippen molar-refractivity contribution >= 4 is 11.8 Å². The average molecular weight is 441 g/mol. The summed E-state index contributed by atoms with van der Waals surface area (Å²) in [6.45, 7) is 10.3. The van der Waals surface area contributed by atoms with Crippen molar-refractivity contribution < 1.29 is 9.59 Å². The highest BCUT2D eigenvalue weighted by Crippen LogP contribution is 2.36. The summed E-state index contributed by atoms with van der Waals surface area (Å²) in [4.78, 5) is 36.6. The second-order valence-corrected chi connectivity index (χ2v) is 9.65. The van der Waals surface area contributed by atoms with Crippen LogP contribution in [0.25, 0.3) is 0 Å². The van der Waals surface area contributed by atoms with Gasteiger partial charge in [0, 0.05) is 44.1 Å². The van der Waals surface area contributed by atoms with Crippen LogP contribution in [0, 0.1) is 11.8 Å². The fourth-order valence-electron chi connectivity index (χ4n) is 4.92. The number of nitrogens with zero attached hydrogens (tertiary/aromatic N) is 3. The lowest BCUT2D eigenvalue weighted by Gasteiger charge is -2.30. The normalized spacial score (nSPS) is 22.8. The number of carbonyl (C=O) groups is 2. The van der Waals surface area contributed by atoms with Crippen LogP contribution in [0.3, 0.4) is 0 Å². The molecular formula is C26H40N4O2. The van der Waals surface area contributed by atoms with Gasteiger partial charge in [-0.05, 0) is 64.2 Å². The number of hydrogen-bond acceptors (Lipinski definition) is 4. The van der Waals surface area contributed by atoms with Crippen LogP contribution in [0.15, 0.2) is 18.3 Å². The third-order valence-electron chi connectivity index (χ3n) is 7.02. The first-order chi connectivity index (χ1) is 15.4. The average Bonchev–Trinajstić information content (AvgIpc) is 3.31. The van der Waals surface area contributed by atoms with Gasteiger partial charge < -0.3 is 10.2 Å². The molecule has 2 aliphatic carbocycles. The van der Waals surface area contributed by atoms with Gasteiger partial charge in [0.1, 0.15) is 5.82 Å². The molecule has 1 saturated carbocycles. The van der Waals surface area contributed by atoms with E-state index in [1.165, 1.54) is 0 Å². The number of rotatable bonds is 9. The van der Waals surface area contributed by atoms with Crippen molar-refractivity contribution in [3.8, 4) is 0 Å². The fraction of sp³-hybridized carbons (Fsp3) is 0.692. The van der Waals surface area contributed by atoms with E-state index >= 15 is 0 Å². The first kappa shape index (κ1) is 24.4. The minimum absolute atomic E-state index is 0.0376. The Morgan fingerprint density at radius 3 is 2.44 bits per heavy atom. The van der Waals surface area contributed by atoms with Crippen LogP contribution in [0.4, 0.5) is 0 Å². The summed E-state index contributed by atoms with van der Waals surface area (Å²) < 4.78 is 0. The molecule has 1 N–H and O–H groups in total. The Kier molecular flexibility index (Phi) is 8.83. The van der Waals surface area contributed by atoms with Gasteiger partial charge in [-0.3, -0.25) is 9.59 Å². The van der Waals surface area contributed by atoms with E-state index in [0.29, 0.717) is 36.9 Å². The topological polar surface area (TPSA) is 75.2 Å². The van der Waals surface area contributed by atoms with Crippen LogP contribution in [0.5, 0.6) is 0 Å². The van der Waals surface area contributed by atoms with E-state index in [1.807, 2.05) is 18.7 Å². The predicted molar refractivity (Wildman–Crippen MR) is 128 cm³/mol. The minimum Gasteiger partial charge on any atom is -0.356 e. The largest absolute Gasteiger partial charge is 0.356 e. The van der Waals surface area contributed by atoms with Crippen LogP contribution in [0.1, 0.15) is 106 Å². The number of allylic oxidation sites excluding steroid dienone is 2. The van der Waals surface area contributed by atoms with Crippen LogP contribution in [-0.4, -0.2) is 46.3 Å². The molecule has 3 rings (SSSR count). The van der Waals surface area contributed by atoms with E-state index in [1.54, 1.807) is 6.20 Å². The number of carbonyl (C=O) groups excluding carboxylic acids is 2. The molecule has 1 atom stereocenters. The maximum absolute atomic E-state index is 13.1. The maximum Gasteiger partial charge on any atom is 0.257 e. The van der Waals surface area contributed by atoms with Crippen molar-refractivity contribution in [3.63, 3.8) is 0 Å². The Morgan fingerprint density at radius 1 is 1.12 bits per heavy atom. The number of hydrogen-bond donors (Lipinski definition) is 1. The van der Waals surface area contributed by atoms with Crippen molar-refractivity contribution in [3.05, 3.63) is 35.4 Å². The van der Waals surface area contributed by atoms with Gasteiger partial charge in [0.2, 0.25) is 5.91 Å². The zero-order valence-corrected chi connectivity index (χ0v) is 20.3. The predicted octanol–water partition coefficient (Wildman–Crippen LogP) is 4.83. The van der Waals surface area contributed by atoms with Gasteiger partial charge in [-0.2, -0.15) is 0 Å². The Bertz CT molecular complexity index is 808. The van der Waals surface area contributed by atoms with Gasteiger partial charge >= 0.3 is 0 Å². The van der Waals surface area contributed by atoms with E-state index in [0.717, 1.165) is 56.6 Å². The van der Waals surface area contributed by atoms with Crippen molar-refractivity contribution in [1.82, 2.24) is 20.2 Å². The lowest BCUT2D eigenvalue weighted by Crippen LogP contribution is -2.33. The van der Waals surface area contributed by atoms with Gasteiger partial charge in [-0.15, -0.1) is 0 Å². The van der Waals surface area contributed by atoms with E-state index < -0.39 is 0 Å². The lowest BCUT2D eigenvalue weighted by atomic mass is 9.79. The second kappa shape index (κ2) is 11.6. The van der Waals surface area contributed by atoms with Crippen LogP contribution in [-0.2, 0) is 4.79 Å². The molecule has 0 aliphatic heterocycles. The first-order valence-corrected chi connectivity index (χ1v) is 12.5. The monoisotopic (exact) mass is 440 g/mol. The van der Waals surface area contributed by atoms with Gasteiger partial charge in [-0.1, -0.05) is 26.0 Å². The maximum atomic E-state index is 13.1. The van der Waals surface area contributed by atoms with E-state index in [9.17, 15) is 9.59 Å². The van der Waals surface area contributed by atoms with Crippen molar-refractivity contribution in [2.75, 3.05) is 19.6 Å². The highest BCUT2D eigenvalue weighted by molar-refractivity contribution is 5.95. The molecule has 0 spiro atoms. The minimum atomic E-state index is 0.0376. The zero-order chi connectivity index (χ0) is 23.1. The van der Waals surface area contributed by atoms with Crippen molar-refractivity contribution in [2.45, 2.75) is 84.5 Å². The molecule has 32 heavy (non-hydrogen) atoms. The van der Waals surface area contributed by atoms with Gasteiger partial charge in [0.15, 0.2) is 0 Å². The highest BCUT2D eigenvalue weighted by Gasteiger charge is 2.29. The number of aromatic nitrogens is 2. The molecule has 0 unspecified atom stereocenters. The van der Waals surface area contributed by atoms with Gasteiger partial charge in [0.25, 0.3) is 5.91 Å². The highest BCUT2D eigenvalue weighted by atomic mass is 16.2. The third kappa shape index (κ3) is 6.17. The Hall–Kier alpha value is -2.24. The molecule has 6 nitrogen and oxygen atoms in total. The van der Waals surface area contributed by atoms with E-state index in [4.69, 9.17) is 4.98 Å². The summed E-state index contributed by atoms with van der Waals surface area (Å²) in [5.74, 6) is 2.45. The molecule has 1 fully saturated rings. The Labute approximate surface area is 193 Å². The smallest absolute Gasteiger partial charge is 0.257 e. The molecule has 2 aliphatic rings. The second-order valence-electron chi connectivity index (χ2n) is 9.65. The summed E-state index contributed by atoms with van der Waals surface area (Å²) in [6.07, 6.45) is 13.0. The molecule has 2 amide bonds. The summed E-state index contributed by atoms with van der Waals surface area (Å²) >= 11 is 0. The molecular weight excluding hydrogens is 400 g/mol. The zero-order valence-electron chi connectivity index (χ0n) is 20.3. The molecule has 6 heteroatoms. The van der Waals surface area contributed by atoms with Crippen molar-refractivity contribution in [1.29, 1.82) is 0 Å². The number of nitrogens with one attached hydrogen (secondary N) is 1. The van der Waals surface area contributed by atoms with Crippen LogP contribution in [0.2, 0.25) is 0 Å². The van der Waals surface area contributed by atoms with Gasteiger partial charge in [0.05, 0.1) is 11.3 Å². The summed E-state index contributed by atoms with van der Waals surface area (Å²) in [7, 11) is 0. The fourth-order valence-corrected chi connectivity index (χ4v) is 4.92.